The fraction of sp³-hybridized carbons (Fsp3) is 0.353. The molecule has 0 radical (unpaired) electrons. The van der Waals surface area contributed by atoms with Gasteiger partial charge in [0.2, 0.25) is 0 Å². The summed E-state index contributed by atoms with van der Waals surface area (Å²) in [5, 5.41) is 12.6. The minimum atomic E-state index is -0.796. The van der Waals surface area contributed by atoms with Gasteiger partial charge in [-0.05, 0) is 43.7 Å². The molecule has 0 fully saturated rings. The van der Waals surface area contributed by atoms with Gasteiger partial charge in [-0.3, -0.25) is 4.79 Å². The SMILES string of the molecule is Cc1ccc(F)c(OCC(=O)NC(C)CC(O)c2ccco2)c1. The molecular formula is C17H20FNO4. The van der Waals surface area contributed by atoms with Crippen LogP contribution in [0.4, 0.5) is 4.39 Å². The maximum absolute atomic E-state index is 13.5. The first-order valence-corrected chi connectivity index (χ1v) is 7.35. The Morgan fingerprint density at radius 3 is 2.91 bits per heavy atom. The van der Waals surface area contributed by atoms with E-state index in [1.807, 2.05) is 6.92 Å². The van der Waals surface area contributed by atoms with Crippen LogP contribution in [0.25, 0.3) is 0 Å². The number of benzene rings is 1. The van der Waals surface area contributed by atoms with Gasteiger partial charge in [-0.2, -0.15) is 0 Å². The minimum absolute atomic E-state index is 0.0448. The first-order valence-electron chi connectivity index (χ1n) is 7.35. The number of ether oxygens (including phenoxy) is 1. The first kappa shape index (κ1) is 17.0. The molecule has 124 valence electrons. The highest BCUT2D eigenvalue weighted by atomic mass is 19.1. The molecule has 2 atom stereocenters. The molecule has 0 aliphatic heterocycles. The van der Waals surface area contributed by atoms with E-state index in [1.54, 1.807) is 25.1 Å². The topological polar surface area (TPSA) is 71.7 Å². The lowest BCUT2D eigenvalue weighted by molar-refractivity contribution is -0.123. The van der Waals surface area contributed by atoms with Gasteiger partial charge in [0.15, 0.2) is 18.2 Å². The Hall–Kier alpha value is -2.34. The standard InChI is InChI=1S/C17H20FNO4/c1-11-5-6-13(18)16(8-11)23-10-17(21)19-12(2)9-14(20)15-4-3-7-22-15/h3-8,12,14,20H,9-10H2,1-2H3,(H,19,21). The van der Waals surface area contributed by atoms with Gasteiger partial charge in [-0.1, -0.05) is 6.07 Å². The fourth-order valence-electron chi connectivity index (χ4n) is 2.17. The van der Waals surface area contributed by atoms with Crippen molar-refractivity contribution in [2.75, 3.05) is 6.61 Å². The van der Waals surface area contributed by atoms with E-state index in [2.05, 4.69) is 5.32 Å². The summed E-state index contributed by atoms with van der Waals surface area (Å²) in [7, 11) is 0. The van der Waals surface area contributed by atoms with Crippen molar-refractivity contribution in [3.63, 3.8) is 0 Å². The van der Waals surface area contributed by atoms with Crippen molar-refractivity contribution in [1.82, 2.24) is 5.32 Å². The lowest BCUT2D eigenvalue weighted by atomic mass is 10.1. The van der Waals surface area contributed by atoms with Crippen LogP contribution in [0.15, 0.2) is 41.0 Å². The molecule has 1 aromatic heterocycles. The van der Waals surface area contributed by atoms with Gasteiger partial charge in [0.25, 0.3) is 5.91 Å². The van der Waals surface area contributed by atoms with E-state index >= 15 is 0 Å². The third-order valence-electron chi connectivity index (χ3n) is 3.30. The Labute approximate surface area is 134 Å². The summed E-state index contributed by atoms with van der Waals surface area (Å²) in [6.45, 7) is 3.28. The van der Waals surface area contributed by atoms with Crippen molar-refractivity contribution in [2.45, 2.75) is 32.4 Å². The second kappa shape index (κ2) is 7.78. The van der Waals surface area contributed by atoms with E-state index in [0.29, 0.717) is 12.2 Å². The monoisotopic (exact) mass is 321 g/mol. The summed E-state index contributed by atoms with van der Waals surface area (Å²) in [4.78, 5) is 11.8. The molecule has 0 spiro atoms. The van der Waals surface area contributed by atoms with Crippen LogP contribution < -0.4 is 10.1 Å². The van der Waals surface area contributed by atoms with Gasteiger partial charge >= 0.3 is 0 Å². The lowest BCUT2D eigenvalue weighted by Gasteiger charge is -2.17. The molecule has 2 rings (SSSR count). The van der Waals surface area contributed by atoms with E-state index in [9.17, 15) is 14.3 Å². The van der Waals surface area contributed by atoms with Crippen LogP contribution in [0.1, 0.15) is 30.8 Å². The molecule has 23 heavy (non-hydrogen) atoms. The van der Waals surface area contributed by atoms with E-state index in [1.165, 1.54) is 18.4 Å². The second-order valence-corrected chi connectivity index (χ2v) is 5.46. The van der Waals surface area contributed by atoms with E-state index in [4.69, 9.17) is 9.15 Å². The van der Waals surface area contributed by atoms with Crippen molar-refractivity contribution >= 4 is 5.91 Å². The predicted molar refractivity (Wildman–Crippen MR) is 82.5 cm³/mol. The summed E-state index contributed by atoms with van der Waals surface area (Å²) < 4.78 is 23.8. The van der Waals surface area contributed by atoms with Crippen LogP contribution in [-0.2, 0) is 4.79 Å². The highest BCUT2D eigenvalue weighted by molar-refractivity contribution is 5.77. The predicted octanol–water partition coefficient (Wildman–Crippen LogP) is 2.73. The smallest absolute Gasteiger partial charge is 0.258 e. The summed E-state index contributed by atoms with van der Waals surface area (Å²) >= 11 is 0. The third kappa shape index (κ3) is 5.10. The maximum Gasteiger partial charge on any atom is 0.258 e. The highest BCUT2D eigenvalue weighted by Crippen LogP contribution is 2.19. The summed E-state index contributed by atoms with van der Waals surface area (Å²) in [6.07, 6.45) is 0.986. The Kier molecular flexibility index (Phi) is 5.76. The molecule has 2 N–H and O–H groups in total. The molecule has 0 aliphatic rings. The van der Waals surface area contributed by atoms with Crippen molar-refractivity contribution in [3.05, 3.63) is 53.7 Å². The highest BCUT2D eigenvalue weighted by Gasteiger charge is 2.17. The number of hydrogen-bond acceptors (Lipinski definition) is 4. The Morgan fingerprint density at radius 2 is 2.22 bits per heavy atom. The molecule has 5 nitrogen and oxygen atoms in total. The molecule has 6 heteroatoms. The minimum Gasteiger partial charge on any atom is -0.481 e. The van der Waals surface area contributed by atoms with Crippen LogP contribution in [0.2, 0.25) is 0 Å². The van der Waals surface area contributed by atoms with E-state index < -0.39 is 11.9 Å². The Balaban J connectivity index is 1.79. The van der Waals surface area contributed by atoms with Crippen LogP contribution in [0.5, 0.6) is 5.75 Å². The van der Waals surface area contributed by atoms with Crippen LogP contribution in [-0.4, -0.2) is 23.7 Å². The number of hydrogen-bond donors (Lipinski definition) is 2. The number of aryl methyl sites for hydroxylation is 1. The van der Waals surface area contributed by atoms with Crippen molar-refractivity contribution in [1.29, 1.82) is 0 Å². The number of aliphatic hydroxyl groups excluding tert-OH is 1. The van der Waals surface area contributed by atoms with Crippen LogP contribution >= 0.6 is 0 Å². The van der Waals surface area contributed by atoms with Gasteiger partial charge in [0.05, 0.1) is 6.26 Å². The first-order chi connectivity index (χ1) is 11.0. The molecular weight excluding hydrogens is 301 g/mol. The summed E-state index contributed by atoms with van der Waals surface area (Å²) in [5.74, 6) is -0.401. The lowest BCUT2D eigenvalue weighted by Crippen LogP contribution is -2.37. The molecule has 2 unspecified atom stereocenters. The number of amides is 1. The number of nitrogens with one attached hydrogen (secondary N) is 1. The molecule has 0 aliphatic carbocycles. The zero-order chi connectivity index (χ0) is 16.8. The zero-order valence-electron chi connectivity index (χ0n) is 13.1. The Morgan fingerprint density at radius 1 is 1.43 bits per heavy atom. The van der Waals surface area contributed by atoms with Gasteiger partial charge in [0, 0.05) is 12.5 Å². The summed E-state index contributed by atoms with van der Waals surface area (Å²) in [6, 6.07) is 7.53. The third-order valence-corrected chi connectivity index (χ3v) is 3.30. The average molecular weight is 321 g/mol. The van der Waals surface area contributed by atoms with E-state index in [-0.39, 0.29) is 24.3 Å². The van der Waals surface area contributed by atoms with Crippen molar-refractivity contribution < 1.29 is 23.4 Å². The quantitative estimate of drug-likeness (QED) is 0.822. The number of carbonyl (C=O) groups is 1. The van der Waals surface area contributed by atoms with Crippen LogP contribution in [0.3, 0.4) is 0 Å². The maximum atomic E-state index is 13.5. The molecule has 0 saturated heterocycles. The normalized spacial score (nSPS) is 13.4. The number of carbonyl (C=O) groups excluding carboxylic acids is 1. The average Bonchev–Trinajstić information content (AvgIpc) is 3.02. The van der Waals surface area contributed by atoms with Crippen molar-refractivity contribution in [2.24, 2.45) is 0 Å². The Bertz CT molecular complexity index is 642. The number of aliphatic hydroxyl groups is 1. The molecule has 0 saturated carbocycles. The zero-order valence-corrected chi connectivity index (χ0v) is 13.1. The van der Waals surface area contributed by atoms with Gasteiger partial charge in [-0.25, -0.2) is 4.39 Å². The van der Waals surface area contributed by atoms with Gasteiger partial charge < -0.3 is 19.6 Å². The second-order valence-electron chi connectivity index (χ2n) is 5.46. The number of halogens is 1. The van der Waals surface area contributed by atoms with Crippen LogP contribution in [0, 0.1) is 12.7 Å². The largest absolute Gasteiger partial charge is 0.481 e. The molecule has 1 heterocycles. The number of furan rings is 1. The summed E-state index contributed by atoms with van der Waals surface area (Å²) in [5.41, 5.74) is 0.844. The molecule has 1 aromatic carbocycles. The van der Waals surface area contributed by atoms with Gasteiger partial charge in [-0.15, -0.1) is 0 Å². The van der Waals surface area contributed by atoms with E-state index in [0.717, 1.165) is 5.56 Å². The molecule has 0 bridgehead atoms. The molecule has 1 amide bonds. The fourth-order valence-corrected chi connectivity index (χ4v) is 2.17. The van der Waals surface area contributed by atoms with Gasteiger partial charge in [0.1, 0.15) is 11.9 Å². The number of rotatable bonds is 7. The van der Waals surface area contributed by atoms with Crippen molar-refractivity contribution in [3.8, 4) is 5.75 Å². The molecule has 2 aromatic rings.